The number of carbonyl (C=O) groups is 4. The first-order valence-corrected chi connectivity index (χ1v) is 15.1. The van der Waals surface area contributed by atoms with Crippen molar-refractivity contribution in [2.24, 2.45) is 16.5 Å². The van der Waals surface area contributed by atoms with Crippen molar-refractivity contribution in [3.8, 4) is 0 Å². The van der Waals surface area contributed by atoms with Gasteiger partial charge in [0.05, 0.1) is 6.20 Å². The molecule has 0 unspecified atom stereocenters. The third kappa shape index (κ3) is 12.3. The van der Waals surface area contributed by atoms with Crippen LogP contribution in [0.1, 0.15) is 34.5 Å². The summed E-state index contributed by atoms with van der Waals surface area (Å²) in [5, 5.41) is 11.0. The van der Waals surface area contributed by atoms with Crippen LogP contribution in [-0.2, 0) is 27.2 Å². The summed E-state index contributed by atoms with van der Waals surface area (Å²) >= 11 is 4.21. The third-order valence-corrected chi connectivity index (χ3v) is 7.01. The monoisotopic (exact) mass is 633 g/mol. The number of guanidine groups is 1. The molecular weight excluding hydrogens is 594 g/mol. The summed E-state index contributed by atoms with van der Waals surface area (Å²) in [6, 6.07) is 15.9. The lowest BCUT2D eigenvalue weighted by molar-refractivity contribution is -0.132. The number of thiol groups is 1. The zero-order chi connectivity index (χ0) is 32.4. The first-order chi connectivity index (χ1) is 21.8. The highest BCUT2D eigenvalue weighted by atomic mass is 32.1. The molecule has 238 valence electrons. The average molecular weight is 634 g/mol. The van der Waals surface area contributed by atoms with Crippen molar-refractivity contribution in [1.82, 2.24) is 31.2 Å². The number of amides is 4. The Morgan fingerprint density at radius 2 is 1.44 bits per heavy atom. The Balaban J connectivity index is 1.73. The van der Waals surface area contributed by atoms with Gasteiger partial charge < -0.3 is 32.7 Å². The Hall–Kier alpha value is -4.98. The average Bonchev–Trinajstić information content (AvgIpc) is 3.05. The molecule has 13 nitrogen and oxygen atoms in total. The van der Waals surface area contributed by atoms with Gasteiger partial charge in [0.25, 0.3) is 5.91 Å². The SMILES string of the molecule is NC(N)=NCCC[C@@H](NC(=O)[C@H](CS)NC(=O)c1cnccn1)C(=O)N[C@@H](Cc1ccccc1)C(=O)NCCc1ccccc1. The van der Waals surface area contributed by atoms with Crippen LogP contribution in [0.15, 0.2) is 84.2 Å². The first kappa shape index (κ1) is 34.5. The van der Waals surface area contributed by atoms with Gasteiger partial charge in [-0.05, 0) is 30.4 Å². The smallest absolute Gasteiger partial charge is 0.272 e. The summed E-state index contributed by atoms with van der Waals surface area (Å²) in [7, 11) is 0. The molecule has 4 amide bonds. The van der Waals surface area contributed by atoms with Crippen LogP contribution in [0.3, 0.4) is 0 Å². The highest BCUT2D eigenvalue weighted by Crippen LogP contribution is 2.07. The maximum atomic E-state index is 13.6. The highest BCUT2D eigenvalue weighted by Gasteiger charge is 2.29. The minimum absolute atomic E-state index is 0.0191. The Morgan fingerprint density at radius 3 is 2.07 bits per heavy atom. The second-order valence-corrected chi connectivity index (χ2v) is 10.5. The minimum atomic E-state index is -1.09. The summed E-state index contributed by atoms with van der Waals surface area (Å²) < 4.78 is 0. The van der Waals surface area contributed by atoms with E-state index in [1.54, 1.807) is 0 Å². The molecule has 3 atom stereocenters. The molecule has 0 saturated carbocycles. The quantitative estimate of drug-likeness (QED) is 0.0470. The van der Waals surface area contributed by atoms with E-state index in [0.29, 0.717) is 19.4 Å². The van der Waals surface area contributed by atoms with Gasteiger partial charge in [-0.15, -0.1) is 0 Å². The number of benzene rings is 2. The minimum Gasteiger partial charge on any atom is -0.370 e. The number of nitrogens with zero attached hydrogens (tertiary/aromatic N) is 3. The van der Waals surface area contributed by atoms with Crippen LogP contribution in [-0.4, -0.2) is 76.5 Å². The topological polar surface area (TPSA) is 207 Å². The first-order valence-electron chi connectivity index (χ1n) is 14.5. The number of aromatic nitrogens is 2. The van der Waals surface area contributed by atoms with Gasteiger partial charge in [0, 0.05) is 37.7 Å². The van der Waals surface area contributed by atoms with E-state index >= 15 is 0 Å². The van der Waals surface area contributed by atoms with E-state index in [9.17, 15) is 19.2 Å². The number of hydrogen-bond donors (Lipinski definition) is 7. The fraction of sp³-hybridized carbons (Fsp3) is 0.323. The molecule has 0 aliphatic carbocycles. The Labute approximate surface area is 267 Å². The summed E-state index contributed by atoms with van der Waals surface area (Å²) in [6.45, 7) is 0.590. The van der Waals surface area contributed by atoms with Crippen LogP contribution < -0.4 is 32.7 Å². The lowest BCUT2D eigenvalue weighted by atomic mass is 10.0. The molecule has 0 aliphatic rings. The van der Waals surface area contributed by atoms with Crippen molar-refractivity contribution in [1.29, 1.82) is 0 Å². The van der Waals surface area contributed by atoms with E-state index < -0.39 is 35.8 Å². The molecule has 0 radical (unpaired) electrons. The molecule has 0 aliphatic heterocycles. The zero-order valence-corrected chi connectivity index (χ0v) is 25.7. The van der Waals surface area contributed by atoms with Gasteiger partial charge in [0.2, 0.25) is 17.7 Å². The molecule has 8 N–H and O–H groups in total. The van der Waals surface area contributed by atoms with E-state index in [0.717, 1.165) is 11.1 Å². The van der Waals surface area contributed by atoms with E-state index in [-0.39, 0.29) is 42.7 Å². The summed E-state index contributed by atoms with van der Waals surface area (Å²) in [6.07, 6.45) is 5.38. The van der Waals surface area contributed by atoms with Gasteiger partial charge in [0.15, 0.2) is 5.96 Å². The van der Waals surface area contributed by atoms with Gasteiger partial charge in [-0.25, -0.2) is 4.98 Å². The van der Waals surface area contributed by atoms with Crippen LogP contribution in [0, 0.1) is 0 Å². The van der Waals surface area contributed by atoms with Crippen LogP contribution in [0.2, 0.25) is 0 Å². The molecule has 0 spiro atoms. The van der Waals surface area contributed by atoms with E-state index in [4.69, 9.17) is 11.5 Å². The largest absolute Gasteiger partial charge is 0.370 e. The van der Waals surface area contributed by atoms with Gasteiger partial charge >= 0.3 is 0 Å². The molecule has 0 saturated heterocycles. The molecule has 1 heterocycles. The molecule has 2 aromatic carbocycles. The van der Waals surface area contributed by atoms with Crippen molar-refractivity contribution in [3.63, 3.8) is 0 Å². The molecule has 14 heteroatoms. The van der Waals surface area contributed by atoms with Crippen LogP contribution in [0.4, 0.5) is 0 Å². The fourth-order valence-corrected chi connectivity index (χ4v) is 4.57. The number of rotatable bonds is 17. The third-order valence-electron chi connectivity index (χ3n) is 6.65. The number of nitrogens with two attached hydrogens (primary N) is 2. The van der Waals surface area contributed by atoms with Crippen molar-refractivity contribution < 1.29 is 19.2 Å². The lowest BCUT2D eigenvalue weighted by Gasteiger charge is -2.25. The molecular formula is C31H39N9O4S. The predicted octanol–water partition coefficient (Wildman–Crippen LogP) is 0.130. The Morgan fingerprint density at radius 1 is 0.800 bits per heavy atom. The van der Waals surface area contributed by atoms with Crippen molar-refractivity contribution in [2.75, 3.05) is 18.8 Å². The van der Waals surface area contributed by atoms with E-state index in [1.807, 2.05) is 60.7 Å². The number of aliphatic imine (C=N–C) groups is 1. The van der Waals surface area contributed by atoms with E-state index in [2.05, 4.69) is 48.9 Å². The number of nitrogens with one attached hydrogen (secondary N) is 4. The fourth-order valence-electron chi connectivity index (χ4n) is 4.32. The van der Waals surface area contributed by atoms with Gasteiger partial charge in [0.1, 0.15) is 23.8 Å². The zero-order valence-electron chi connectivity index (χ0n) is 24.8. The Kier molecular flexibility index (Phi) is 14.3. The van der Waals surface area contributed by atoms with Crippen LogP contribution in [0.5, 0.6) is 0 Å². The van der Waals surface area contributed by atoms with Gasteiger partial charge in [-0.2, -0.15) is 12.6 Å². The van der Waals surface area contributed by atoms with Gasteiger partial charge in [-0.1, -0.05) is 60.7 Å². The second kappa shape index (κ2) is 18.6. The van der Waals surface area contributed by atoms with Gasteiger partial charge in [-0.3, -0.25) is 29.2 Å². The maximum absolute atomic E-state index is 13.6. The van der Waals surface area contributed by atoms with Crippen molar-refractivity contribution in [2.45, 2.75) is 43.8 Å². The predicted molar refractivity (Wildman–Crippen MR) is 174 cm³/mol. The second-order valence-electron chi connectivity index (χ2n) is 10.1. The molecule has 3 aromatic rings. The van der Waals surface area contributed by atoms with E-state index in [1.165, 1.54) is 18.6 Å². The maximum Gasteiger partial charge on any atom is 0.272 e. The molecule has 45 heavy (non-hydrogen) atoms. The van der Waals surface area contributed by atoms with Crippen molar-refractivity contribution in [3.05, 3.63) is 96.1 Å². The summed E-state index contributed by atoms with van der Waals surface area (Å²) in [5.74, 6) is -2.36. The van der Waals surface area contributed by atoms with Crippen LogP contribution >= 0.6 is 12.6 Å². The number of carbonyl (C=O) groups excluding carboxylic acids is 4. The molecule has 0 bridgehead atoms. The summed E-state index contributed by atoms with van der Waals surface area (Å²) in [4.78, 5) is 64.6. The lowest BCUT2D eigenvalue weighted by Crippen LogP contribution is -2.57. The Bertz CT molecular complexity index is 1410. The molecule has 0 fully saturated rings. The normalized spacial score (nSPS) is 12.6. The standard InChI is InChI=1S/C31H39N9O4S/c32-31(33)37-14-7-12-23(38-30(44)26(20-45)40-29(43)25-19-34-16-17-35-25)28(42)39-24(18-22-10-5-2-6-11-22)27(41)36-15-13-21-8-3-1-4-9-21/h1-6,8-11,16-17,19,23-24,26,45H,7,12-15,18,20H2,(H,36,41)(H,38,44)(H,39,42)(H,40,43)(H4,32,33,37)/t23-,24+,26+/m1/s1. The summed E-state index contributed by atoms with van der Waals surface area (Å²) in [5.41, 5.74) is 12.8. The highest BCUT2D eigenvalue weighted by molar-refractivity contribution is 7.80. The van der Waals surface area contributed by atoms with Crippen LogP contribution in [0.25, 0.3) is 0 Å². The molecule has 3 rings (SSSR count). The van der Waals surface area contributed by atoms with Crippen molar-refractivity contribution >= 4 is 42.2 Å². The number of hydrogen-bond acceptors (Lipinski definition) is 8. The molecule has 1 aromatic heterocycles.